The van der Waals surface area contributed by atoms with Gasteiger partial charge in [0, 0.05) is 29.1 Å². The van der Waals surface area contributed by atoms with Crippen LogP contribution >= 0.6 is 11.6 Å². The Bertz CT molecular complexity index is 1600. The number of halogens is 1. The molecule has 35 heavy (non-hydrogen) atoms. The molecule has 0 radical (unpaired) electrons. The number of aryl methyl sites for hydroxylation is 2. The van der Waals surface area contributed by atoms with Crippen LogP contribution < -0.4 is 15.0 Å². The largest absolute Gasteiger partial charge is 0.454 e. The molecule has 0 bridgehead atoms. The third-order valence-electron chi connectivity index (χ3n) is 6.11. The molecule has 0 amide bonds. The van der Waals surface area contributed by atoms with Crippen LogP contribution in [0, 0.1) is 13.8 Å². The van der Waals surface area contributed by atoms with E-state index in [-0.39, 0.29) is 30.3 Å². The lowest BCUT2D eigenvalue weighted by Crippen LogP contribution is -2.32. The lowest BCUT2D eigenvalue weighted by molar-refractivity contribution is 0.174. The van der Waals surface area contributed by atoms with Gasteiger partial charge in [-0.05, 0) is 73.0 Å². The van der Waals surface area contributed by atoms with Crippen LogP contribution in [-0.2, 0) is 23.1 Å². The van der Waals surface area contributed by atoms with Crippen LogP contribution in [0.25, 0.3) is 10.9 Å². The molecule has 1 aliphatic heterocycles. The monoisotopic (exact) mass is 510 g/mol. The van der Waals surface area contributed by atoms with Crippen molar-refractivity contribution in [2.75, 3.05) is 6.79 Å². The van der Waals surface area contributed by atoms with Crippen LogP contribution in [0.5, 0.6) is 11.5 Å². The SMILES string of the molecule is Cc1ccc(C)c2[nH]c(=O)c(CN(Cc3ccc4c(c3)OCO4)S(=O)(=O)c3ccc(Cl)cc3)cc12. The van der Waals surface area contributed by atoms with Gasteiger partial charge in [-0.25, -0.2) is 8.42 Å². The zero-order valence-corrected chi connectivity index (χ0v) is 20.7. The average molecular weight is 511 g/mol. The number of nitrogens with one attached hydrogen (secondary N) is 1. The Kier molecular flexibility index (Phi) is 6.04. The van der Waals surface area contributed by atoms with Crippen LogP contribution in [-0.4, -0.2) is 24.5 Å². The summed E-state index contributed by atoms with van der Waals surface area (Å²) in [5.74, 6) is 1.17. The number of rotatable bonds is 6. The maximum Gasteiger partial charge on any atom is 0.252 e. The fourth-order valence-electron chi connectivity index (χ4n) is 4.15. The summed E-state index contributed by atoms with van der Waals surface area (Å²) in [6, 6.07) is 17.0. The molecule has 0 fully saturated rings. The first-order chi connectivity index (χ1) is 16.7. The van der Waals surface area contributed by atoms with Crippen LogP contribution in [0.1, 0.15) is 22.3 Å². The van der Waals surface area contributed by atoms with Gasteiger partial charge in [-0.2, -0.15) is 4.31 Å². The van der Waals surface area contributed by atoms with E-state index in [1.54, 1.807) is 24.3 Å². The molecule has 7 nitrogen and oxygen atoms in total. The predicted octanol–water partition coefficient (Wildman–Crippen LogP) is 4.92. The van der Waals surface area contributed by atoms with Crippen LogP contribution in [0.15, 0.2) is 70.4 Å². The lowest BCUT2D eigenvalue weighted by Gasteiger charge is -2.23. The van der Waals surface area contributed by atoms with E-state index in [4.69, 9.17) is 21.1 Å². The molecular weight excluding hydrogens is 488 g/mol. The summed E-state index contributed by atoms with van der Waals surface area (Å²) < 4.78 is 39.5. The van der Waals surface area contributed by atoms with Crippen molar-refractivity contribution in [3.8, 4) is 11.5 Å². The number of hydrogen-bond donors (Lipinski definition) is 1. The number of nitrogens with zero attached hydrogens (tertiary/aromatic N) is 1. The molecule has 0 spiro atoms. The van der Waals surface area contributed by atoms with Crippen LogP contribution in [0.3, 0.4) is 0 Å². The minimum absolute atomic E-state index is 0.0336. The third-order valence-corrected chi connectivity index (χ3v) is 8.17. The van der Waals surface area contributed by atoms with Crippen molar-refractivity contribution >= 4 is 32.5 Å². The molecule has 0 atom stereocenters. The van der Waals surface area contributed by atoms with E-state index in [0.29, 0.717) is 27.6 Å². The van der Waals surface area contributed by atoms with Crippen LogP contribution in [0.2, 0.25) is 5.02 Å². The summed E-state index contributed by atoms with van der Waals surface area (Å²) >= 11 is 5.98. The zero-order chi connectivity index (χ0) is 24.7. The average Bonchev–Trinajstić information content (AvgIpc) is 3.30. The van der Waals surface area contributed by atoms with Gasteiger partial charge in [0.15, 0.2) is 11.5 Å². The standard InChI is InChI=1S/C26H23ClN2O5S/c1-16-3-4-17(2)25-22(16)12-19(26(30)28-25)14-29(35(31,32)21-8-6-20(27)7-9-21)13-18-5-10-23-24(11-18)34-15-33-23/h3-12H,13-15H2,1-2H3,(H,28,30). The number of fused-ring (bicyclic) bond motifs is 2. The summed E-state index contributed by atoms with van der Waals surface area (Å²) in [5.41, 5.74) is 3.42. The molecule has 2 heterocycles. The summed E-state index contributed by atoms with van der Waals surface area (Å²) in [5, 5.41) is 1.31. The zero-order valence-electron chi connectivity index (χ0n) is 19.2. The molecule has 0 aliphatic carbocycles. The summed E-state index contributed by atoms with van der Waals surface area (Å²) in [6.07, 6.45) is 0. The van der Waals surface area contributed by atoms with E-state index >= 15 is 0 Å². The summed E-state index contributed by atoms with van der Waals surface area (Å²) in [7, 11) is -3.97. The van der Waals surface area contributed by atoms with Gasteiger partial charge in [-0.3, -0.25) is 4.79 Å². The first-order valence-electron chi connectivity index (χ1n) is 11.0. The second-order valence-corrected chi connectivity index (χ2v) is 10.9. The number of H-pyrrole nitrogens is 1. The van der Waals surface area contributed by atoms with Gasteiger partial charge >= 0.3 is 0 Å². The lowest BCUT2D eigenvalue weighted by atomic mass is 10.0. The fourth-order valence-corrected chi connectivity index (χ4v) is 5.68. The van der Waals surface area contributed by atoms with Crippen LogP contribution in [0.4, 0.5) is 0 Å². The second kappa shape index (κ2) is 9.03. The van der Waals surface area contributed by atoms with Crippen molar-refractivity contribution in [3.63, 3.8) is 0 Å². The molecular formula is C26H23ClN2O5S. The quantitative estimate of drug-likeness (QED) is 0.398. The minimum atomic E-state index is -3.97. The Morgan fingerprint density at radius 2 is 1.63 bits per heavy atom. The normalized spacial score (nSPS) is 13.0. The molecule has 5 rings (SSSR count). The third kappa shape index (κ3) is 4.52. The molecule has 0 saturated heterocycles. The molecule has 1 N–H and O–H groups in total. The number of aromatic nitrogens is 1. The van der Waals surface area contributed by atoms with Crippen molar-refractivity contribution < 1.29 is 17.9 Å². The van der Waals surface area contributed by atoms with Gasteiger partial charge in [-0.15, -0.1) is 0 Å². The smallest absolute Gasteiger partial charge is 0.252 e. The molecule has 3 aromatic carbocycles. The number of hydrogen-bond acceptors (Lipinski definition) is 5. The van der Waals surface area contributed by atoms with Gasteiger partial charge in [0.05, 0.1) is 10.4 Å². The summed E-state index contributed by atoms with van der Waals surface area (Å²) in [4.78, 5) is 16.0. The minimum Gasteiger partial charge on any atom is -0.454 e. The Balaban J connectivity index is 1.58. The molecule has 9 heteroatoms. The molecule has 0 saturated carbocycles. The number of benzene rings is 3. The van der Waals surface area contributed by atoms with E-state index < -0.39 is 10.0 Å². The first-order valence-corrected chi connectivity index (χ1v) is 12.8. The Morgan fingerprint density at radius 1 is 0.914 bits per heavy atom. The Labute approximate surface area is 207 Å². The maximum atomic E-state index is 13.7. The first kappa shape index (κ1) is 23.4. The predicted molar refractivity (Wildman–Crippen MR) is 134 cm³/mol. The van der Waals surface area contributed by atoms with Gasteiger partial charge in [-0.1, -0.05) is 29.8 Å². The number of sulfonamides is 1. The maximum absolute atomic E-state index is 13.7. The van der Waals surface area contributed by atoms with E-state index in [1.165, 1.54) is 28.6 Å². The Hall–Kier alpha value is -3.33. The van der Waals surface area contributed by atoms with Crippen molar-refractivity contribution in [1.29, 1.82) is 0 Å². The van der Waals surface area contributed by atoms with E-state index in [9.17, 15) is 13.2 Å². The molecule has 1 aliphatic rings. The fraction of sp³-hybridized carbons (Fsp3) is 0.192. The number of ether oxygens (including phenoxy) is 2. The highest BCUT2D eigenvalue weighted by atomic mass is 35.5. The van der Waals surface area contributed by atoms with E-state index in [2.05, 4.69) is 4.98 Å². The Morgan fingerprint density at radius 3 is 2.40 bits per heavy atom. The van der Waals surface area contributed by atoms with E-state index in [1.807, 2.05) is 26.0 Å². The highest BCUT2D eigenvalue weighted by molar-refractivity contribution is 7.89. The van der Waals surface area contributed by atoms with Crippen molar-refractivity contribution in [2.24, 2.45) is 0 Å². The molecule has 1 aromatic heterocycles. The van der Waals surface area contributed by atoms with Gasteiger partial charge in [0.25, 0.3) is 5.56 Å². The van der Waals surface area contributed by atoms with Crippen molar-refractivity contribution in [1.82, 2.24) is 9.29 Å². The number of aromatic amines is 1. The topological polar surface area (TPSA) is 88.7 Å². The highest BCUT2D eigenvalue weighted by Crippen LogP contribution is 2.33. The van der Waals surface area contributed by atoms with Crippen molar-refractivity contribution in [3.05, 3.63) is 98.3 Å². The van der Waals surface area contributed by atoms with E-state index in [0.717, 1.165) is 22.0 Å². The molecule has 180 valence electrons. The second-order valence-electron chi connectivity index (χ2n) is 8.53. The van der Waals surface area contributed by atoms with Gasteiger partial charge in [0.2, 0.25) is 16.8 Å². The van der Waals surface area contributed by atoms with Gasteiger partial charge < -0.3 is 14.5 Å². The van der Waals surface area contributed by atoms with Gasteiger partial charge in [0.1, 0.15) is 0 Å². The number of pyridine rings is 1. The highest BCUT2D eigenvalue weighted by Gasteiger charge is 2.27. The molecule has 0 unspecified atom stereocenters. The van der Waals surface area contributed by atoms with Crippen molar-refractivity contribution in [2.45, 2.75) is 31.8 Å². The summed E-state index contributed by atoms with van der Waals surface area (Å²) in [6.45, 7) is 3.92. The molecule has 4 aromatic rings.